The van der Waals surface area contributed by atoms with Crippen molar-refractivity contribution >= 4 is 29.2 Å². The number of benzene rings is 2. The number of carbonyl (C=O) groups excluding carboxylic acids is 1. The van der Waals surface area contributed by atoms with Crippen molar-refractivity contribution in [1.29, 1.82) is 0 Å². The maximum Gasteiger partial charge on any atom is 0.340 e. The fraction of sp³-hybridized carbons (Fsp3) is 0.360. The lowest BCUT2D eigenvalue weighted by molar-refractivity contribution is 0.0465. The van der Waals surface area contributed by atoms with E-state index in [1.807, 2.05) is 18.2 Å². The molecule has 2 aliphatic carbocycles. The van der Waals surface area contributed by atoms with Crippen molar-refractivity contribution in [2.24, 2.45) is 5.41 Å². The first kappa shape index (κ1) is 20.6. The quantitative estimate of drug-likeness (QED) is 0.411. The Morgan fingerprint density at radius 1 is 1.16 bits per heavy atom. The van der Waals surface area contributed by atoms with Crippen LogP contribution in [0, 0.1) is 5.41 Å². The number of halogens is 2. The van der Waals surface area contributed by atoms with Gasteiger partial charge in [-0.3, -0.25) is 0 Å². The molecule has 0 aliphatic heterocycles. The van der Waals surface area contributed by atoms with E-state index >= 15 is 0 Å². The number of carbonyl (C=O) groups is 1. The Labute approximate surface area is 192 Å². The Morgan fingerprint density at radius 2 is 1.90 bits per heavy atom. The molecule has 0 radical (unpaired) electrons. The molecule has 160 valence electrons. The van der Waals surface area contributed by atoms with Crippen molar-refractivity contribution in [3.8, 4) is 5.69 Å². The fourth-order valence-corrected chi connectivity index (χ4v) is 6.02. The summed E-state index contributed by atoms with van der Waals surface area (Å²) in [6.07, 6.45) is 2.26. The number of aromatic nitrogens is 2. The molecular formula is C25H24Cl2N2O2. The molecule has 0 amide bonds. The minimum atomic E-state index is -0.474. The van der Waals surface area contributed by atoms with Gasteiger partial charge in [-0.05, 0) is 54.5 Å². The van der Waals surface area contributed by atoms with Gasteiger partial charge in [-0.2, -0.15) is 5.10 Å². The number of rotatable bonds is 4. The molecule has 0 spiro atoms. The maximum absolute atomic E-state index is 12.7. The minimum Gasteiger partial charge on any atom is -0.455 e. The number of nitrogens with zero attached hydrogens (tertiary/aromatic N) is 2. The van der Waals surface area contributed by atoms with Gasteiger partial charge in [-0.1, -0.05) is 62.2 Å². The van der Waals surface area contributed by atoms with Gasteiger partial charge in [0.15, 0.2) is 0 Å². The van der Waals surface area contributed by atoms with E-state index in [-0.39, 0.29) is 22.5 Å². The van der Waals surface area contributed by atoms with Crippen molar-refractivity contribution in [1.82, 2.24) is 9.78 Å². The Bertz CT molecular complexity index is 1190. The molecule has 0 saturated heterocycles. The first-order chi connectivity index (χ1) is 14.7. The first-order valence-corrected chi connectivity index (χ1v) is 11.3. The lowest BCUT2D eigenvalue weighted by Crippen LogP contribution is -2.33. The van der Waals surface area contributed by atoms with Gasteiger partial charge in [-0.25, -0.2) is 9.48 Å². The second-order valence-electron chi connectivity index (χ2n) is 9.30. The number of para-hydroxylation sites is 1. The van der Waals surface area contributed by atoms with Crippen molar-refractivity contribution in [3.63, 3.8) is 0 Å². The third-order valence-corrected chi connectivity index (χ3v) is 8.14. The van der Waals surface area contributed by atoms with Crippen LogP contribution in [0.4, 0.5) is 0 Å². The van der Waals surface area contributed by atoms with E-state index in [0.29, 0.717) is 16.5 Å². The number of ether oxygens (including phenoxy) is 1. The highest BCUT2D eigenvalue weighted by Crippen LogP contribution is 2.68. The van der Waals surface area contributed by atoms with E-state index in [1.54, 1.807) is 18.2 Å². The Balaban J connectivity index is 1.53. The number of hydrogen-bond donors (Lipinski definition) is 0. The highest BCUT2D eigenvalue weighted by Gasteiger charge is 2.62. The zero-order valence-electron chi connectivity index (χ0n) is 17.8. The van der Waals surface area contributed by atoms with Gasteiger partial charge in [-0.15, -0.1) is 0 Å². The second-order valence-corrected chi connectivity index (χ2v) is 10.1. The van der Waals surface area contributed by atoms with E-state index in [1.165, 1.54) is 11.3 Å². The van der Waals surface area contributed by atoms with Crippen LogP contribution in [0.25, 0.3) is 5.69 Å². The van der Waals surface area contributed by atoms with Crippen LogP contribution in [0.3, 0.4) is 0 Å². The molecule has 1 aromatic heterocycles. The zero-order chi connectivity index (χ0) is 22.0. The molecule has 3 aromatic rings. The first-order valence-electron chi connectivity index (χ1n) is 10.5. The molecule has 1 fully saturated rings. The summed E-state index contributed by atoms with van der Waals surface area (Å²) in [5.74, 6) is -0.0731. The Morgan fingerprint density at radius 3 is 2.61 bits per heavy atom. The van der Waals surface area contributed by atoms with Crippen molar-refractivity contribution in [3.05, 3.63) is 81.1 Å². The van der Waals surface area contributed by atoms with Crippen LogP contribution in [0.5, 0.6) is 0 Å². The average Bonchev–Trinajstić information content (AvgIpc) is 3.28. The lowest BCUT2D eigenvalue weighted by atomic mass is 9.70. The van der Waals surface area contributed by atoms with Gasteiger partial charge < -0.3 is 4.74 Å². The minimum absolute atomic E-state index is 0.0254. The van der Waals surface area contributed by atoms with Crippen molar-refractivity contribution < 1.29 is 9.53 Å². The van der Waals surface area contributed by atoms with Crippen molar-refractivity contribution in [2.75, 3.05) is 0 Å². The number of fused-ring (bicyclic) bond motifs is 5. The summed E-state index contributed by atoms with van der Waals surface area (Å²) in [7, 11) is 0. The Kier molecular flexibility index (Phi) is 4.72. The van der Waals surface area contributed by atoms with Gasteiger partial charge in [0, 0.05) is 16.0 Å². The average molecular weight is 455 g/mol. The number of hydrogen-bond acceptors (Lipinski definition) is 3. The van der Waals surface area contributed by atoms with Gasteiger partial charge in [0.2, 0.25) is 0 Å². The largest absolute Gasteiger partial charge is 0.455 e. The standard InChI is InChI=1S/C25H24Cl2N2O2/c1-24(2)18-11-12-25(24,3)22-21(18)20(28-29(22)16-7-5-4-6-8-16)14-31-23(30)17-10-9-15(26)13-19(17)27/h4-10,13,18H,11-12,14H2,1-3H3/t18-,25-/m0/s1. The topological polar surface area (TPSA) is 44.1 Å². The summed E-state index contributed by atoms with van der Waals surface area (Å²) in [6, 6.07) is 14.9. The molecule has 2 aromatic carbocycles. The molecule has 4 nitrogen and oxygen atoms in total. The predicted molar refractivity (Wildman–Crippen MR) is 122 cm³/mol. The van der Waals surface area contributed by atoms with E-state index in [0.717, 1.165) is 24.2 Å². The van der Waals surface area contributed by atoms with E-state index in [4.69, 9.17) is 33.0 Å². The normalized spacial score (nSPS) is 23.1. The summed E-state index contributed by atoms with van der Waals surface area (Å²) in [5, 5.41) is 5.70. The summed E-state index contributed by atoms with van der Waals surface area (Å²) in [6.45, 7) is 7.17. The Hall–Kier alpha value is -2.30. The summed E-state index contributed by atoms with van der Waals surface area (Å²) in [5.41, 5.74) is 4.82. The summed E-state index contributed by atoms with van der Waals surface area (Å²) < 4.78 is 7.74. The molecule has 6 heteroatoms. The molecule has 31 heavy (non-hydrogen) atoms. The molecule has 1 saturated carbocycles. The summed E-state index contributed by atoms with van der Waals surface area (Å²) in [4.78, 5) is 12.7. The summed E-state index contributed by atoms with van der Waals surface area (Å²) >= 11 is 12.1. The van der Waals surface area contributed by atoms with E-state index < -0.39 is 5.97 Å². The van der Waals surface area contributed by atoms with Crippen LogP contribution in [-0.4, -0.2) is 15.7 Å². The zero-order valence-corrected chi connectivity index (χ0v) is 19.3. The van der Waals surface area contributed by atoms with Crippen LogP contribution >= 0.6 is 23.2 Å². The van der Waals surface area contributed by atoms with Gasteiger partial charge in [0.1, 0.15) is 12.3 Å². The SMILES string of the molecule is CC1(C)[C@H]2CC[C@@]1(C)c1c2c(COC(=O)c2ccc(Cl)cc2Cl)nn1-c1ccccc1. The van der Waals surface area contributed by atoms with Crippen LogP contribution in [-0.2, 0) is 16.8 Å². The van der Waals surface area contributed by atoms with Gasteiger partial charge in [0.05, 0.1) is 22.0 Å². The monoisotopic (exact) mass is 454 g/mol. The van der Waals surface area contributed by atoms with E-state index in [2.05, 4.69) is 37.6 Å². The molecule has 2 aliphatic rings. The third-order valence-electron chi connectivity index (χ3n) is 7.59. The van der Waals surface area contributed by atoms with E-state index in [9.17, 15) is 4.79 Å². The molecule has 2 atom stereocenters. The van der Waals surface area contributed by atoms with Gasteiger partial charge >= 0.3 is 5.97 Å². The third kappa shape index (κ3) is 2.95. The van der Waals surface area contributed by atoms with Crippen LogP contribution in [0.2, 0.25) is 10.0 Å². The van der Waals surface area contributed by atoms with Crippen LogP contribution in [0.15, 0.2) is 48.5 Å². The molecule has 5 rings (SSSR count). The highest BCUT2D eigenvalue weighted by atomic mass is 35.5. The second kappa shape index (κ2) is 7.11. The number of esters is 1. The maximum atomic E-state index is 12.7. The smallest absolute Gasteiger partial charge is 0.340 e. The lowest BCUT2D eigenvalue weighted by Gasteiger charge is -2.35. The molecule has 0 unspecified atom stereocenters. The van der Waals surface area contributed by atoms with Crippen molar-refractivity contribution in [2.45, 2.75) is 51.6 Å². The van der Waals surface area contributed by atoms with Crippen LogP contribution < -0.4 is 0 Å². The molecule has 1 heterocycles. The molecule has 2 bridgehead atoms. The highest BCUT2D eigenvalue weighted by molar-refractivity contribution is 6.36. The molecular weight excluding hydrogens is 431 g/mol. The van der Waals surface area contributed by atoms with Crippen LogP contribution in [0.1, 0.15) is 66.8 Å². The fourth-order valence-electron chi connectivity index (χ4n) is 5.53. The predicted octanol–water partition coefficient (Wildman–Crippen LogP) is 6.71. The van der Waals surface area contributed by atoms with Gasteiger partial charge in [0.25, 0.3) is 0 Å². The molecule has 0 N–H and O–H groups in total.